The highest BCUT2D eigenvalue weighted by molar-refractivity contribution is 6.05. The summed E-state index contributed by atoms with van der Waals surface area (Å²) in [5.74, 6) is -21.2. The molecule has 1 aromatic carbocycles. The average Bonchev–Trinajstić information content (AvgIpc) is 1.78. The van der Waals surface area contributed by atoms with E-state index in [0.717, 1.165) is 5.56 Å². The molecule has 1 aromatic rings. The number of carbonyl (C=O) groups excluding carboxylic acids is 23. The molecule has 0 spiro atoms. The lowest BCUT2D eigenvalue weighted by atomic mass is 9.93. The van der Waals surface area contributed by atoms with Crippen LogP contribution in [-0.2, 0) is 117 Å². The van der Waals surface area contributed by atoms with Crippen molar-refractivity contribution in [2.75, 3.05) is 19.7 Å². The van der Waals surface area contributed by atoms with E-state index in [2.05, 4.69) is 101 Å². The third kappa shape index (κ3) is 39.1. The van der Waals surface area contributed by atoms with Crippen LogP contribution in [0, 0.1) is 17.8 Å². The highest BCUT2D eigenvalue weighted by Crippen LogP contribution is 2.25. The molecule has 0 saturated carbocycles. The zero-order valence-electron chi connectivity index (χ0n) is 85.1. The van der Waals surface area contributed by atoms with Crippen LogP contribution in [-0.4, -0.2) is 276 Å². The smallest absolute Gasteiger partial charge is 0.248 e. The molecule has 780 valence electrons. The van der Waals surface area contributed by atoms with Crippen LogP contribution in [0.5, 0.6) is 0 Å². The number of primary amides is 3. The molecule has 0 aliphatic carbocycles. The molecule has 0 bridgehead atoms. The van der Waals surface area contributed by atoms with Crippen molar-refractivity contribution in [1.82, 2.24) is 106 Å². The molecule has 139 heavy (non-hydrogen) atoms. The quantitative estimate of drug-likeness (QED) is 0.0292. The highest BCUT2D eigenvalue weighted by Gasteiger charge is 2.48. The van der Waals surface area contributed by atoms with Crippen LogP contribution >= 0.6 is 0 Å². The van der Waals surface area contributed by atoms with Gasteiger partial charge in [0.25, 0.3) is 0 Å². The summed E-state index contributed by atoms with van der Waals surface area (Å²) in [6, 6.07) is -5.62. The van der Waals surface area contributed by atoms with Crippen LogP contribution in [0.15, 0.2) is 30.3 Å². The zero-order valence-corrected chi connectivity index (χ0v) is 85.1. The molecule has 23 amide bonds. The lowest BCUT2D eigenvalue weighted by Crippen LogP contribution is -2.67. The van der Waals surface area contributed by atoms with Gasteiger partial charge >= 0.3 is 0 Å². The first kappa shape index (κ1) is 122. The summed E-state index contributed by atoms with van der Waals surface area (Å²) in [6.45, 7) is 35.3. The number of hydrogen-bond donors (Lipinski definition) is 23. The molecule has 47 nitrogen and oxygen atoms in total. The minimum atomic E-state index is -1.92. The molecule has 26 N–H and O–H groups in total. The van der Waals surface area contributed by atoms with Crippen LogP contribution in [0.3, 0.4) is 0 Å². The van der Waals surface area contributed by atoms with Crippen LogP contribution in [0.1, 0.15) is 256 Å². The molecular weight excluding hydrogens is 1810 g/mol. The number of nitrogens with zero attached hydrogens (tertiary/aromatic N) is 1. The summed E-state index contributed by atoms with van der Waals surface area (Å²) in [7, 11) is 0. The number of aliphatic hydroxyl groups is 1. The normalized spacial score (nSPS) is 15.8. The number of nitrogens with one attached hydrogen (secondary N) is 19. The molecule has 13 atom stereocenters. The lowest BCUT2D eigenvalue weighted by Gasteiger charge is -2.36. The second-order valence-corrected chi connectivity index (χ2v) is 40.1. The highest BCUT2D eigenvalue weighted by atomic mass is 16.3. The minimum absolute atomic E-state index is 0.00636. The largest absolute Gasteiger partial charge is 0.394 e. The molecule has 1 heterocycles. The Kier molecular flexibility index (Phi) is 46.3. The maximum absolute atomic E-state index is 14.6. The van der Waals surface area contributed by atoms with E-state index < -0.39 is 297 Å². The van der Waals surface area contributed by atoms with Crippen molar-refractivity contribution in [1.29, 1.82) is 0 Å². The first-order chi connectivity index (χ1) is 63.8. The molecular formula is C92H153N23O24. The fourth-order valence-electron chi connectivity index (χ4n) is 14.0. The van der Waals surface area contributed by atoms with Crippen LogP contribution in [0.2, 0.25) is 0 Å². The zero-order chi connectivity index (χ0) is 107. The Hall–Kier alpha value is -13.0. The Labute approximate surface area is 812 Å². The Morgan fingerprint density at radius 3 is 1.29 bits per heavy atom. The number of amides is 23. The van der Waals surface area contributed by atoms with Gasteiger partial charge in [-0.3, -0.25) is 110 Å². The van der Waals surface area contributed by atoms with Gasteiger partial charge in [-0.15, -0.1) is 0 Å². The molecule has 1 aliphatic heterocycles. The van der Waals surface area contributed by atoms with Gasteiger partial charge in [-0.2, -0.15) is 0 Å². The number of nitrogens with two attached hydrogens (primary N) is 3. The van der Waals surface area contributed by atoms with Crippen molar-refractivity contribution in [2.45, 2.75) is 368 Å². The first-order valence-corrected chi connectivity index (χ1v) is 46.5. The van der Waals surface area contributed by atoms with Gasteiger partial charge in [0.2, 0.25) is 136 Å². The third-order valence-corrected chi connectivity index (χ3v) is 23.3. The fraction of sp³-hybridized carbons (Fsp3) is 0.685. The Morgan fingerprint density at radius 1 is 0.403 bits per heavy atom. The van der Waals surface area contributed by atoms with Gasteiger partial charge in [-0.25, -0.2) is 0 Å². The Morgan fingerprint density at radius 2 is 0.806 bits per heavy atom. The number of aliphatic hydroxyl groups excluding tert-OH is 1. The van der Waals surface area contributed by atoms with E-state index in [1.54, 1.807) is 71.9 Å². The molecule has 2 rings (SSSR count). The molecule has 0 unspecified atom stereocenters. The van der Waals surface area contributed by atoms with Crippen molar-refractivity contribution >= 4 is 136 Å². The number of benzene rings is 1. The summed E-state index contributed by atoms with van der Waals surface area (Å²) in [6.07, 6.45) is -1.66. The second kappa shape index (κ2) is 52.7. The predicted octanol–water partition coefficient (Wildman–Crippen LogP) is -4.65. The maximum atomic E-state index is 14.6. The fourth-order valence-corrected chi connectivity index (χ4v) is 14.0. The predicted molar refractivity (Wildman–Crippen MR) is 508 cm³/mol. The Bertz CT molecular complexity index is 4650. The second-order valence-electron chi connectivity index (χ2n) is 40.1. The molecule has 1 aliphatic rings. The van der Waals surface area contributed by atoms with Gasteiger partial charge in [0.15, 0.2) is 0 Å². The number of hydrogen-bond acceptors (Lipinski definition) is 24. The monoisotopic (exact) mass is 1960 g/mol. The maximum Gasteiger partial charge on any atom is 0.248 e. The van der Waals surface area contributed by atoms with Gasteiger partial charge in [-0.05, 0) is 199 Å². The van der Waals surface area contributed by atoms with Crippen molar-refractivity contribution in [3.8, 4) is 0 Å². The van der Waals surface area contributed by atoms with Crippen LogP contribution in [0.25, 0.3) is 0 Å². The van der Waals surface area contributed by atoms with Crippen molar-refractivity contribution in [3.05, 3.63) is 35.9 Å². The van der Waals surface area contributed by atoms with Gasteiger partial charge in [-0.1, -0.05) is 85.2 Å². The molecule has 47 heteroatoms. The number of rotatable bonds is 56. The van der Waals surface area contributed by atoms with E-state index in [-0.39, 0.29) is 57.4 Å². The summed E-state index contributed by atoms with van der Waals surface area (Å²) in [5, 5.41) is 58.5. The van der Waals surface area contributed by atoms with Crippen molar-refractivity contribution in [3.63, 3.8) is 0 Å². The van der Waals surface area contributed by atoms with E-state index in [1.165, 1.54) is 143 Å². The Balaban J connectivity index is 2.21. The SMILES string of the molecule is CC[C@H](C)[C@H](NC(=O)C(C)(C)NC(=O)[C@H](CCC(N)=O)NC(=O)C(C)(C)NC(=O)C(C)(C)NC(=O)[C@H](C)NC(=O)[C@H](C)NC(=O)[C@H](C)NC(=O)C(C)(C)NC(C)=O)C(=O)NC(C)(C)C(=O)NCC(=O)N[C@@H](CC(C)C)C(=O)NC(C)(C)C(=O)N1CCC[C@H]1C(=O)N[C@H](C(=O)NC(C)(C)C(=O)N[C@](C)(CC)C(=O)N[C@@H](CCC(N)=O)C(=O)N[C@@H](CCC(N)=O)C(=O)N[C@H](CO)Cc1ccccc1)C(C)C. The van der Waals surface area contributed by atoms with Gasteiger partial charge in [0.1, 0.15) is 105 Å². The third-order valence-electron chi connectivity index (χ3n) is 23.3. The van der Waals surface area contributed by atoms with E-state index >= 15 is 0 Å². The summed E-state index contributed by atoms with van der Waals surface area (Å²) < 4.78 is 0. The lowest BCUT2D eigenvalue weighted by molar-refractivity contribution is -0.146. The summed E-state index contributed by atoms with van der Waals surface area (Å²) >= 11 is 0. The van der Waals surface area contributed by atoms with Gasteiger partial charge in [0.05, 0.1) is 19.2 Å². The van der Waals surface area contributed by atoms with Crippen LogP contribution in [0.4, 0.5) is 0 Å². The van der Waals surface area contributed by atoms with Crippen molar-refractivity contribution < 1.29 is 115 Å². The van der Waals surface area contributed by atoms with Gasteiger partial charge in [0, 0.05) is 32.7 Å². The molecule has 1 saturated heterocycles. The number of carbonyl (C=O) groups is 23. The van der Waals surface area contributed by atoms with E-state index in [1.807, 2.05) is 0 Å². The van der Waals surface area contributed by atoms with Crippen LogP contribution < -0.4 is 118 Å². The van der Waals surface area contributed by atoms with E-state index in [9.17, 15) is 115 Å². The van der Waals surface area contributed by atoms with Crippen molar-refractivity contribution in [2.24, 2.45) is 35.0 Å². The summed E-state index contributed by atoms with van der Waals surface area (Å²) in [4.78, 5) is 314. The molecule has 1 fully saturated rings. The van der Waals surface area contributed by atoms with Gasteiger partial charge < -0.3 is 128 Å². The number of likely N-dealkylation sites (tertiary alicyclic amines) is 1. The van der Waals surface area contributed by atoms with E-state index in [0.29, 0.717) is 6.42 Å². The van der Waals surface area contributed by atoms with E-state index in [4.69, 9.17) is 17.2 Å². The first-order valence-electron chi connectivity index (χ1n) is 46.5. The molecule has 0 radical (unpaired) electrons. The summed E-state index contributed by atoms with van der Waals surface area (Å²) in [5.41, 5.74) is 2.79. The average molecular weight is 1970 g/mol. The minimum Gasteiger partial charge on any atom is -0.394 e. The topological polar surface area (TPSA) is 723 Å². The molecule has 0 aromatic heterocycles. The standard InChI is InChI=1S/C92H153N23O24/c1-27-49(7)66(106-80(135)87(16,17)109-72(127)58(38-41-63(95)120)103-79(134)88(18,19)113-81(136)89(20,21)108-69(124)52(10)98-67(122)50(8)97-68(123)51(9)99-78(133)86(14,15)107-53(11)117)76(131)112-85(12,13)77(132)96-45-64(121)101-59(43-47(3)4)73(128)110-91(24,25)84(139)115-42-32-35-60(115)74(129)105-65(48(5)6)75(130)111-90(22,23)82(137)114-92(26,28-2)83(138)104-57(37-40-62(94)119)71(126)102-56(36-39-61(93)118)70(125)100-55(46-116)44-54-33-30-29-31-34-54/h29-31,33-34,47-52,55-60,65-66,116H,27-28,32,35-46H2,1-26H3,(H2,93,118)(H2,94,119)(H2,95,120)(H,96,132)(H,97,123)(H,98,122)(H,99,133)(H,100,125)(H,101,121)(H,102,126)(H,103,134)(H,104,138)(H,105,129)(H,106,135)(H,107,117)(H,108,124)(H,109,127)(H,110,128)(H,111,130)(H,112,131)(H,113,136)(H,114,137)/t49-,50-,51-,52-,55-,56-,57-,58-,59-,60-,65-,66-,92+/m0/s1.